The zero-order valence-corrected chi connectivity index (χ0v) is 12.0. The summed E-state index contributed by atoms with van der Waals surface area (Å²) in [6, 6.07) is 0.999. The number of likely N-dealkylation sites (tertiary alicyclic amines) is 1. The molecule has 0 aromatic carbocycles. The number of nitrogens with zero attached hydrogens (tertiary/aromatic N) is 1. The van der Waals surface area contributed by atoms with Gasteiger partial charge in [0.1, 0.15) is 0 Å². The van der Waals surface area contributed by atoms with Crippen LogP contribution < -0.4 is 0 Å². The number of hydrogen-bond acceptors (Lipinski definition) is 1. The molecule has 2 nitrogen and oxygen atoms in total. The van der Waals surface area contributed by atoms with E-state index in [1.165, 1.54) is 62.5 Å². The molecule has 2 fully saturated rings. The molecule has 1 N–H and O–H groups in total. The average Bonchev–Trinajstić information content (AvgIpc) is 2.68. The van der Waals surface area contributed by atoms with Crippen molar-refractivity contribution in [3.05, 3.63) is 0 Å². The number of quaternary nitrogens is 1. The van der Waals surface area contributed by atoms with Crippen LogP contribution in [0.15, 0.2) is 0 Å². The van der Waals surface area contributed by atoms with E-state index in [1.54, 1.807) is 0 Å². The van der Waals surface area contributed by atoms with Gasteiger partial charge < -0.3 is 9.96 Å². The quantitative estimate of drug-likeness (QED) is 0.694. The molecule has 1 aliphatic heterocycles. The Morgan fingerprint density at radius 2 is 1.35 bits per heavy atom. The number of hydrogen-bond donors (Lipinski definition) is 0. The van der Waals surface area contributed by atoms with Crippen molar-refractivity contribution < 1.29 is 9.96 Å². The largest absolute Gasteiger partial charge is 0.870 e. The smallest absolute Gasteiger partial charge is 0.0888 e. The summed E-state index contributed by atoms with van der Waals surface area (Å²) in [5.74, 6) is 2.02. The summed E-state index contributed by atoms with van der Waals surface area (Å²) in [5.41, 5.74) is 0. The zero-order valence-electron chi connectivity index (χ0n) is 12.0. The Bertz CT molecular complexity index is 211. The van der Waals surface area contributed by atoms with Crippen LogP contribution in [-0.2, 0) is 0 Å². The highest BCUT2D eigenvalue weighted by atomic mass is 16.0. The molecule has 0 radical (unpaired) electrons. The van der Waals surface area contributed by atoms with Crippen molar-refractivity contribution in [2.75, 3.05) is 20.1 Å². The molecule has 0 amide bonds. The van der Waals surface area contributed by atoms with Crippen molar-refractivity contribution in [3.8, 4) is 0 Å². The maximum Gasteiger partial charge on any atom is 0.0888 e. The lowest BCUT2D eigenvalue weighted by molar-refractivity contribution is -0.926. The van der Waals surface area contributed by atoms with Gasteiger partial charge in [-0.2, -0.15) is 0 Å². The van der Waals surface area contributed by atoms with Gasteiger partial charge >= 0.3 is 0 Å². The third-order valence-corrected chi connectivity index (χ3v) is 5.47. The van der Waals surface area contributed by atoms with Crippen LogP contribution in [0.3, 0.4) is 0 Å². The summed E-state index contributed by atoms with van der Waals surface area (Å²) in [5, 5.41) is 0. The maximum absolute atomic E-state index is 2.55. The van der Waals surface area contributed by atoms with E-state index in [9.17, 15) is 0 Å². The second kappa shape index (κ2) is 6.19. The minimum Gasteiger partial charge on any atom is -0.870 e. The minimum atomic E-state index is 0. The standard InChI is InChI=1S/C15H30N.H2O/c1-4-13-11-16(3,12-14(13)5-2)15-9-7-6-8-10-15;/h13-15H,4-12H2,1-3H3;1H2/q+1;/p-1. The normalized spacial score (nSPS) is 39.0. The fourth-order valence-corrected chi connectivity index (χ4v) is 4.37. The van der Waals surface area contributed by atoms with Gasteiger partial charge in [0.05, 0.1) is 26.2 Å². The second-order valence-corrected chi connectivity index (χ2v) is 6.47. The Kier molecular flexibility index (Phi) is 5.46. The minimum absolute atomic E-state index is 0. The van der Waals surface area contributed by atoms with Crippen LogP contribution in [0.25, 0.3) is 0 Å². The van der Waals surface area contributed by atoms with E-state index in [2.05, 4.69) is 20.9 Å². The SMILES string of the molecule is CCC1C[N+](C)(C2CCCCC2)CC1CC.[OH-]. The van der Waals surface area contributed by atoms with Gasteiger partial charge in [0.25, 0.3) is 0 Å². The highest BCUT2D eigenvalue weighted by Gasteiger charge is 2.45. The third-order valence-electron chi connectivity index (χ3n) is 5.47. The van der Waals surface area contributed by atoms with Crippen molar-refractivity contribution in [2.24, 2.45) is 11.8 Å². The Morgan fingerprint density at radius 3 is 1.76 bits per heavy atom. The third kappa shape index (κ3) is 3.03. The van der Waals surface area contributed by atoms with E-state index in [0.29, 0.717) is 0 Å². The van der Waals surface area contributed by atoms with E-state index >= 15 is 0 Å². The van der Waals surface area contributed by atoms with Crippen molar-refractivity contribution in [1.29, 1.82) is 0 Å². The molecule has 0 aromatic rings. The summed E-state index contributed by atoms with van der Waals surface area (Å²) in [6.07, 6.45) is 10.3. The average molecular weight is 241 g/mol. The molecule has 0 aromatic heterocycles. The van der Waals surface area contributed by atoms with Crippen molar-refractivity contribution >= 4 is 0 Å². The van der Waals surface area contributed by atoms with Crippen molar-refractivity contribution in [3.63, 3.8) is 0 Å². The fraction of sp³-hybridized carbons (Fsp3) is 1.00. The fourth-order valence-electron chi connectivity index (χ4n) is 4.37. The number of rotatable bonds is 3. The van der Waals surface area contributed by atoms with E-state index in [-0.39, 0.29) is 5.48 Å². The molecule has 2 unspecified atom stereocenters. The Balaban J connectivity index is 0.00000144. The van der Waals surface area contributed by atoms with Gasteiger partial charge in [0.15, 0.2) is 0 Å². The lowest BCUT2D eigenvalue weighted by Crippen LogP contribution is -2.51. The van der Waals surface area contributed by atoms with Gasteiger partial charge in [-0.15, -0.1) is 0 Å². The molecule has 0 spiro atoms. The van der Waals surface area contributed by atoms with Gasteiger partial charge in [-0.05, 0) is 38.5 Å². The molecule has 102 valence electrons. The van der Waals surface area contributed by atoms with Gasteiger partial charge in [-0.3, -0.25) is 0 Å². The molecule has 17 heavy (non-hydrogen) atoms. The van der Waals surface area contributed by atoms with E-state index in [4.69, 9.17) is 0 Å². The van der Waals surface area contributed by atoms with E-state index in [0.717, 1.165) is 17.9 Å². The molecule has 2 rings (SSSR count). The lowest BCUT2D eigenvalue weighted by atomic mass is 9.92. The highest BCUT2D eigenvalue weighted by Crippen LogP contribution is 2.38. The van der Waals surface area contributed by atoms with Crippen LogP contribution in [0.1, 0.15) is 58.8 Å². The van der Waals surface area contributed by atoms with Crippen LogP contribution in [0, 0.1) is 11.8 Å². The van der Waals surface area contributed by atoms with Gasteiger partial charge in [-0.1, -0.05) is 20.3 Å². The first-order valence-electron chi connectivity index (χ1n) is 7.53. The molecular weight excluding hydrogens is 210 g/mol. The van der Waals surface area contributed by atoms with E-state index in [1.807, 2.05) is 0 Å². The monoisotopic (exact) mass is 241 g/mol. The molecular formula is C15H31NO. The first kappa shape index (κ1) is 15.0. The van der Waals surface area contributed by atoms with Crippen LogP contribution in [0.5, 0.6) is 0 Å². The van der Waals surface area contributed by atoms with E-state index < -0.39 is 0 Å². The molecule has 1 saturated heterocycles. The predicted octanol–water partition coefficient (Wildman–Crippen LogP) is 3.65. The zero-order chi connectivity index (χ0) is 11.6. The first-order chi connectivity index (χ1) is 7.69. The van der Waals surface area contributed by atoms with Crippen molar-refractivity contribution in [1.82, 2.24) is 0 Å². The van der Waals surface area contributed by atoms with Crippen LogP contribution in [-0.4, -0.2) is 36.1 Å². The predicted molar refractivity (Wildman–Crippen MR) is 72.3 cm³/mol. The summed E-state index contributed by atoms with van der Waals surface area (Å²) in [6.45, 7) is 7.73. The summed E-state index contributed by atoms with van der Waals surface area (Å²) < 4.78 is 1.41. The molecule has 0 bridgehead atoms. The molecule has 2 aliphatic rings. The van der Waals surface area contributed by atoms with Gasteiger partial charge in [0, 0.05) is 11.8 Å². The Hall–Kier alpha value is -0.0800. The Morgan fingerprint density at radius 1 is 0.882 bits per heavy atom. The topological polar surface area (TPSA) is 30.0 Å². The van der Waals surface area contributed by atoms with Gasteiger partial charge in [0.2, 0.25) is 0 Å². The summed E-state index contributed by atoms with van der Waals surface area (Å²) >= 11 is 0. The van der Waals surface area contributed by atoms with Gasteiger partial charge in [-0.25, -0.2) is 0 Å². The highest BCUT2D eigenvalue weighted by molar-refractivity contribution is 4.78. The van der Waals surface area contributed by atoms with Crippen LogP contribution in [0.2, 0.25) is 0 Å². The maximum atomic E-state index is 2.55. The molecule has 2 heteroatoms. The first-order valence-corrected chi connectivity index (χ1v) is 7.53. The summed E-state index contributed by atoms with van der Waals surface area (Å²) in [7, 11) is 2.55. The van der Waals surface area contributed by atoms with Crippen LogP contribution in [0.4, 0.5) is 0 Å². The van der Waals surface area contributed by atoms with Crippen molar-refractivity contribution in [2.45, 2.75) is 64.8 Å². The Labute approximate surface area is 107 Å². The molecule has 2 atom stereocenters. The second-order valence-electron chi connectivity index (χ2n) is 6.47. The molecule has 1 aliphatic carbocycles. The lowest BCUT2D eigenvalue weighted by Gasteiger charge is -2.40. The molecule has 1 heterocycles. The summed E-state index contributed by atoms with van der Waals surface area (Å²) in [4.78, 5) is 0. The van der Waals surface area contributed by atoms with Crippen LogP contribution >= 0.6 is 0 Å². The molecule has 1 saturated carbocycles.